The van der Waals surface area contributed by atoms with Gasteiger partial charge in [0.15, 0.2) is 0 Å². The van der Waals surface area contributed by atoms with Crippen molar-refractivity contribution in [1.29, 1.82) is 0 Å². The highest BCUT2D eigenvalue weighted by molar-refractivity contribution is 5.73. The topological polar surface area (TPSA) is 52.6 Å². The highest BCUT2D eigenvalue weighted by Crippen LogP contribution is 2.22. The summed E-state index contributed by atoms with van der Waals surface area (Å²) in [6, 6.07) is 12.8. The molecule has 0 bridgehead atoms. The molecule has 2 heterocycles. The number of anilines is 2. The van der Waals surface area contributed by atoms with Gasteiger partial charge in [-0.1, -0.05) is 30.3 Å². The Morgan fingerprint density at radius 3 is 2.42 bits per heavy atom. The predicted molar refractivity (Wildman–Crippen MR) is 104 cm³/mol. The molecular weight excluding hydrogens is 326 g/mol. The van der Waals surface area contributed by atoms with E-state index in [-0.39, 0.29) is 5.91 Å². The van der Waals surface area contributed by atoms with Gasteiger partial charge in [-0.3, -0.25) is 4.79 Å². The molecule has 0 N–H and O–H groups in total. The van der Waals surface area contributed by atoms with Crippen LogP contribution in [0.15, 0.2) is 42.7 Å². The number of amides is 1. The van der Waals surface area contributed by atoms with Crippen LogP contribution in [-0.4, -0.2) is 53.0 Å². The fraction of sp³-hybridized carbons (Fsp3) is 0.450. The van der Waals surface area contributed by atoms with Crippen LogP contribution >= 0.6 is 0 Å². The SMILES string of the molecule is CC(=O)N1CCN(c2cc(N(Cc3ccccc3)C(C)C)ncn2)CC1. The van der Waals surface area contributed by atoms with E-state index >= 15 is 0 Å². The zero-order valence-corrected chi connectivity index (χ0v) is 15.8. The second-order valence-electron chi connectivity index (χ2n) is 6.93. The van der Waals surface area contributed by atoms with E-state index in [1.165, 1.54) is 5.56 Å². The van der Waals surface area contributed by atoms with E-state index < -0.39 is 0 Å². The van der Waals surface area contributed by atoms with Gasteiger partial charge < -0.3 is 14.7 Å². The lowest BCUT2D eigenvalue weighted by molar-refractivity contribution is -0.129. The molecule has 0 radical (unpaired) electrons. The Kier molecular flexibility index (Phi) is 5.71. The number of piperazine rings is 1. The average Bonchev–Trinajstić information content (AvgIpc) is 2.67. The number of aromatic nitrogens is 2. The maximum Gasteiger partial charge on any atom is 0.219 e. The molecule has 0 unspecified atom stereocenters. The minimum Gasteiger partial charge on any atom is -0.353 e. The van der Waals surface area contributed by atoms with Crippen LogP contribution in [-0.2, 0) is 11.3 Å². The molecule has 1 aromatic heterocycles. The van der Waals surface area contributed by atoms with Crippen LogP contribution < -0.4 is 9.80 Å². The molecule has 0 spiro atoms. The maximum atomic E-state index is 11.5. The third-order valence-electron chi connectivity index (χ3n) is 4.80. The Morgan fingerprint density at radius 1 is 1.12 bits per heavy atom. The number of carbonyl (C=O) groups is 1. The summed E-state index contributed by atoms with van der Waals surface area (Å²) in [7, 11) is 0. The Labute approximate surface area is 155 Å². The third kappa shape index (κ3) is 4.31. The van der Waals surface area contributed by atoms with Crippen LogP contribution in [0.1, 0.15) is 26.3 Å². The monoisotopic (exact) mass is 353 g/mol. The smallest absolute Gasteiger partial charge is 0.219 e. The molecule has 26 heavy (non-hydrogen) atoms. The molecule has 6 heteroatoms. The first-order valence-corrected chi connectivity index (χ1v) is 9.17. The standard InChI is InChI=1S/C20H27N5O/c1-16(2)25(14-18-7-5-4-6-8-18)20-13-19(21-15-22-20)24-11-9-23(10-12-24)17(3)26/h4-8,13,15-16H,9-12,14H2,1-3H3. The van der Waals surface area contributed by atoms with Crippen molar-refractivity contribution in [2.24, 2.45) is 0 Å². The molecule has 1 saturated heterocycles. The highest BCUT2D eigenvalue weighted by Gasteiger charge is 2.21. The minimum atomic E-state index is 0.141. The summed E-state index contributed by atoms with van der Waals surface area (Å²) in [5.41, 5.74) is 1.26. The lowest BCUT2D eigenvalue weighted by Crippen LogP contribution is -2.48. The molecule has 6 nitrogen and oxygen atoms in total. The number of carbonyl (C=O) groups excluding carboxylic acids is 1. The minimum absolute atomic E-state index is 0.141. The molecule has 1 fully saturated rings. The van der Waals surface area contributed by atoms with E-state index in [0.717, 1.165) is 44.4 Å². The van der Waals surface area contributed by atoms with Crippen LogP contribution in [0.3, 0.4) is 0 Å². The second kappa shape index (κ2) is 8.17. The fourth-order valence-corrected chi connectivity index (χ4v) is 3.23. The van der Waals surface area contributed by atoms with Crippen molar-refractivity contribution in [1.82, 2.24) is 14.9 Å². The van der Waals surface area contributed by atoms with Crippen LogP contribution in [0.5, 0.6) is 0 Å². The van der Waals surface area contributed by atoms with E-state index in [1.54, 1.807) is 13.3 Å². The normalized spacial score (nSPS) is 14.6. The van der Waals surface area contributed by atoms with Gasteiger partial charge in [0.05, 0.1) is 0 Å². The van der Waals surface area contributed by atoms with Gasteiger partial charge in [-0.2, -0.15) is 0 Å². The first-order chi connectivity index (χ1) is 12.5. The lowest BCUT2D eigenvalue weighted by Gasteiger charge is -2.35. The molecule has 1 aromatic carbocycles. The van der Waals surface area contributed by atoms with Crippen molar-refractivity contribution in [3.05, 3.63) is 48.3 Å². The van der Waals surface area contributed by atoms with Crippen molar-refractivity contribution in [2.75, 3.05) is 36.0 Å². The van der Waals surface area contributed by atoms with E-state index in [1.807, 2.05) is 11.0 Å². The summed E-state index contributed by atoms with van der Waals surface area (Å²) in [4.78, 5) is 26.9. The number of nitrogens with zero attached hydrogens (tertiary/aromatic N) is 5. The van der Waals surface area contributed by atoms with Crippen molar-refractivity contribution in [3.63, 3.8) is 0 Å². The van der Waals surface area contributed by atoms with Crippen LogP contribution in [0, 0.1) is 0 Å². The van der Waals surface area contributed by atoms with Gasteiger partial charge in [0, 0.05) is 51.8 Å². The molecule has 138 valence electrons. The summed E-state index contributed by atoms with van der Waals surface area (Å²) < 4.78 is 0. The first kappa shape index (κ1) is 18.2. The highest BCUT2D eigenvalue weighted by atomic mass is 16.2. The number of rotatable bonds is 5. The Hall–Kier alpha value is -2.63. The van der Waals surface area contributed by atoms with Crippen LogP contribution in [0.4, 0.5) is 11.6 Å². The zero-order chi connectivity index (χ0) is 18.5. The first-order valence-electron chi connectivity index (χ1n) is 9.17. The summed E-state index contributed by atoms with van der Waals surface area (Å²) in [5, 5.41) is 0. The number of hydrogen-bond acceptors (Lipinski definition) is 5. The molecule has 0 atom stereocenters. The van der Waals surface area contributed by atoms with E-state index in [4.69, 9.17) is 0 Å². The Bertz CT molecular complexity index is 726. The van der Waals surface area contributed by atoms with E-state index in [2.05, 4.69) is 63.9 Å². The van der Waals surface area contributed by atoms with Gasteiger partial charge in [0.1, 0.15) is 18.0 Å². The van der Waals surface area contributed by atoms with Crippen molar-refractivity contribution in [2.45, 2.75) is 33.4 Å². The third-order valence-corrected chi connectivity index (χ3v) is 4.80. The summed E-state index contributed by atoms with van der Waals surface area (Å²) in [6.07, 6.45) is 1.64. The molecule has 0 aliphatic carbocycles. The van der Waals surface area contributed by atoms with Gasteiger partial charge in [-0.15, -0.1) is 0 Å². The van der Waals surface area contributed by atoms with Crippen LogP contribution in [0.2, 0.25) is 0 Å². The molecule has 1 amide bonds. The van der Waals surface area contributed by atoms with Gasteiger partial charge in [-0.25, -0.2) is 9.97 Å². The second-order valence-corrected chi connectivity index (χ2v) is 6.93. The molecule has 2 aromatic rings. The molecule has 3 rings (SSSR count). The van der Waals surface area contributed by atoms with Gasteiger partial charge in [0.2, 0.25) is 5.91 Å². The van der Waals surface area contributed by atoms with Gasteiger partial charge >= 0.3 is 0 Å². The molecule has 1 aliphatic heterocycles. The van der Waals surface area contributed by atoms with Gasteiger partial charge in [-0.05, 0) is 19.4 Å². The largest absolute Gasteiger partial charge is 0.353 e. The zero-order valence-electron chi connectivity index (χ0n) is 15.8. The fourth-order valence-electron chi connectivity index (χ4n) is 3.23. The van der Waals surface area contributed by atoms with E-state index in [0.29, 0.717) is 6.04 Å². The number of hydrogen-bond donors (Lipinski definition) is 0. The van der Waals surface area contributed by atoms with Crippen molar-refractivity contribution >= 4 is 17.5 Å². The maximum absolute atomic E-state index is 11.5. The summed E-state index contributed by atoms with van der Waals surface area (Å²) in [6.45, 7) is 9.88. The van der Waals surface area contributed by atoms with Gasteiger partial charge in [0.25, 0.3) is 0 Å². The summed E-state index contributed by atoms with van der Waals surface area (Å²) >= 11 is 0. The average molecular weight is 353 g/mol. The molecular formula is C20H27N5O. The Morgan fingerprint density at radius 2 is 1.81 bits per heavy atom. The van der Waals surface area contributed by atoms with Crippen molar-refractivity contribution in [3.8, 4) is 0 Å². The number of benzene rings is 1. The predicted octanol–water partition coefficient (Wildman–Crippen LogP) is 2.56. The quantitative estimate of drug-likeness (QED) is 0.827. The van der Waals surface area contributed by atoms with Crippen molar-refractivity contribution < 1.29 is 4.79 Å². The summed E-state index contributed by atoms with van der Waals surface area (Å²) in [5.74, 6) is 2.00. The van der Waals surface area contributed by atoms with E-state index in [9.17, 15) is 4.79 Å². The Balaban J connectivity index is 1.75. The lowest BCUT2D eigenvalue weighted by atomic mass is 10.2. The molecule has 0 saturated carbocycles. The molecule has 1 aliphatic rings. The van der Waals surface area contributed by atoms with Crippen LogP contribution in [0.25, 0.3) is 0 Å².